The van der Waals surface area contributed by atoms with Crippen molar-refractivity contribution < 1.29 is 19.0 Å². The highest BCUT2D eigenvalue weighted by atomic mass is 16.5. The third-order valence-corrected chi connectivity index (χ3v) is 4.03. The summed E-state index contributed by atoms with van der Waals surface area (Å²) in [6.07, 6.45) is 0.269. The Hall–Kier alpha value is -1.79. The number of hydrogen-bond acceptors (Lipinski definition) is 5. The van der Waals surface area contributed by atoms with Crippen LogP contribution < -0.4 is 14.8 Å². The van der Waals surface area contributed by atoms with E-state index in [1.807, 2.05) is 20.8 Å². The van der Waals surface area contributed by atoms with E-state index in [0.29, 0.717) is 17.2 Å². The van der Waals surface area contributed by atoms with Crippen LogP contribution in [-0.2, 0) is 9.53 Å². The summed E-state index contributed by atoms with van der Waals surface area (Å²) >= 11 is 0. The van der Waals surface area contributed by atoms with E-state index in [1.165, 1.54) is 0 Å². The van der Waals surface area contributed by atoms with Crippen molar-refractivity contribution in [3.8, 4) is 11.5 Å². The summed E-state index contributed by atoms with van der Waals surface area (Å²) in [5.74, 6) is 1.18. The molecule has 1 aromatic carbocycles. The van der Waals surface area contributed by atoms with Gasteiger partial charge >= 0.3 is 0 Å². The molecule has 1 aliphatic rings. The molecule has 1 N–H and O–H groups in total. The van der Waals surface area contributed by atoms with Crippen molar-refractivity contribution in [1.82, 2.24) is 4.90 Å². The molecule has 1 amide bonds. The molecule has 1 saturated heterocycles. The molecule has 128 valence electrons. The van der Waals surface area contributed by atoms with Gasteiger partial charge < -0.3 is 19.5 Å². The predicted molar refractivity (Wildman–Crippen MR) is 89.2 cm³/mol. The Balaban J connectivity index is 2.03. The number of carbonyl (C=O) groups is 1. The number of carbonyl (C=O) groups excluding carboxylic acids is 1. The summed E-state index contributed by atoms with van der Waals surface area (Å²) in [7, 11) is 3.15. The maximum Gasteiger partial charge on any atom is 0.241 e. The molecule has 0 aliphatic carbocycles. The van der Waals surface area contributed by atoms with Gasteiger partial charge in [0.15, 0.2) is 11.5 Å². The Labute approximate surface area is 137 Å². The van der Waals surface area contributed by atoms with E-state index in [9.17, 15) is 4.79 Å². The zero-order valence-electron chi connectivity index (χ0n) is 14.5. The zero-order chi connectivity index (χ0) is 17.0. The molecule has 2 rings (SSSR count). The second kappa shape index (κ2) is 7.66. The smallest absolute Gasteiger partial charge is 0.241 e. The van der Waals surface area contributed by atoms with E-state index >= 15 is 0 Å². The van der Waals surface area contributed by atoms with Crippen LogP contribution in [0.25, 0.3) is 0 Å². The number of methoxy groups -OCH3 is 2. The van der Waals surface area contributed by atoms with Crippen LogP contribution in [0.4, 0.5) is 5.69 Å². The number of amides is 1. The van der Waals surface area contributed by atoms with Crippen LogP contribution in [0.5, 0.6) is 11.5 Å². The Morgan fingerprint density at radius 3 is 2.39 bits per heavy atom. The third kappa shape index (κ3) is 4.36. The van der Waals surface area contributed by atoms with Crippen LogP contribution in [0, 0.1) is 0 Å². The first-order valence-electron chi connectivity index (χ1n) is 7.87. The SMILES string of the molecule is COc1ccc(NC(=O)[C@H](C)N2C[C@@H](C)O[C@H](C)C2)cc1OC. The van der Waals surface area contributed by atoms with E-state index in [4.69, 9.17) is 14.2 Å². The first-order chi connectivity index (χ1) is 10.9. The molecule has 0 saturated carbocycles. The van der Waals surface area contributed by atoms with Crippen molar-refractivity contribution in [1.29, 1.82) is 0 Å². The van der Waals surface area contributed by atoms with Crippen molar-refractivity contribution in [2.24, 2.45) is 0 Å². The third-order valence-electron chi connectivity index (χ3n) is 4.03. The van der Waals surface area contributed by atoms with Gasteiger partial charge in [-0.05, 0) is 32.9 Å². The molecule has 1 aromatic rings. The summed E-state index contributed by atoms with van der Waals surface area (Å²) in [5, 5.41) is 2.94. The maximum absolute atomic E-state index is 12.5. The molecular formula is C17H26N2O4. The molecule has 0 radical (unpaired) electrons. The lowest BCUT2D eigenvalue weighted by molar-refractivity contribution is -0.126. The van der Waals surface area contributed by atoms with Gasteiger partial charge in [0, 0.05) is 24.8 Å². The summed E-state index contributed by atoms with van der Waals surface area (Å²) in [6.45, 7) is 7.49. The van der Waals surface area contributed by atoms with Crippen LogP contribution in [0.1, 0.15) is 20.8 Å². The molecule has 1 fully saturated rings. The van der Waals surface area contributed by atoms with Gasteiger partial charge in [-0.1, -0.05) is 0 Å². The minimum atomic E-state index is -0.225. The molecule has 3 atom stereocenters. The first kappa shape index (κ1) is 17.6. The normalized spacial score (nSPS) is 23.2. The van der Waals surface area contributed by atoms with Gasteiger partial charge in [-0.3, -0.25) is 9.69 Å². The Morgan fingerprint density at radius 1 is 1.22 bits per heavy atom. The Morgan fingerprint density at radius 2 is 1.83 bits per heavy atom. The van der Waals surface area contributed by atoms with Crippen LogP contribution in [0.15, 0.2) is 18.2 Å². The fourth-order valence-corrected chi connectivity index (χ4v) is 2.86. The lowest BCUT2D eigenvalue weighted by Crippen LogP contribution is -2.52. The van der Waals surface area contributed by atoms with E-state index in [-0.39, 0.29) is 24.2 Å². The lowest BCUT2D eigenvalue weighted by Gasteiger charge is -2.38. The molecule has 1 heterocycles. The monoisotopic (exact) mass is 322 g/mol. The number of anilines is 1. The van der Waals surface area contributed by atoms with Gasteiger partial charge in [-0.25, -0.2) is 0 Å². The summed E-state index contributed by atoms with van der Waals surface area (Å²) in [6, 6.07) is 5.11. The highest BCUT2D eigenvalue weighted by Crippen LogP contribution is 2.29. The topological polar surface area (TPSA) is 60.0 Å². The van der Waals surface area contributed by atoms with Gasteiger partial charge in [0.2, 0.25) is 5.91 Å². The van der Waals surface area contributed by atoms with E-state index in [0.717, 1.165) is 13.1 Å². The number of rotatable bonds is 5. The van der Waals surface area contributed by atoms with E-state index in [2.05, 4.69) is 10.2 Å². The van der Waals surface area contributed by atoms with Crippen LogP contribution in [0.3, 0.4) is 0 Å². The molecule has 23 heavy (non-hydrogen) atoms. The number of ether oxygens (including phenoxy) is 3. The number of morpholine rings is 1. The number of nitrogens with zero attached hydrogens (tertiary/aromatic N) is 1. The van der Waals surface area contributed by atoms with Gasteiger partial charge in [0.05, 0.1) is 32.5 Å². The zero-order valence-corrected chi connectivity index (χ0v) is 14.5. The number of nitrogens with one attached hydrogen (secondary N) is 1. The first-order valence-corrected chi connectivity index (χ1v) is 7.87. The minimum absolute atomic E-state index is 0.0430. The molecule has 1 aliphatic heterocycles. The van der Waals surface area contributed by atoms with Crippen molar-refractivity contribution >= 4 is 11.6 Å². The van der Waals surface area contributed by atoms with Crippen LogP contribution in [0.2, 0.25) is 0 Å². The minimum Gasteiger partial charge on any atom is -0.493 e. The fraction of sp³-hybridized carbons (Fsp3) is 0.588. The van der Waals surface area contributed by atoms with E-state index < -0.39 is 0 Å². The van der Waals surface area contributed by atoms with Gasteiger partial charge in [0.25, 0.3) is 0 Å². The average molecular weight is 322 g/mol. The summed E-state index contributed by atoms with van der Waals surface area (Å²) in [5.41, 5.74) is 0.689. The van der Waals surface area contributed by atoms with Gasteiger partial charge in [-0.2, -0.15) is 0 Å². The lowest BCUT2D eigenvalue weighted by atomic mass is 10.1. The molecule has 0 unspecified atom stereocenters. The Kier molecular flexibility index (Phi) is 5.85. The molecule has 6 nitrogen and oxygen atoms in total. The molecule has 6 heteroatoms. The summed E-state index contributed by atoms with van der Waals surface area (Å²) in [4.78, 5) is 14.7. The second-order valence-corrected chi connectivity index (χ2v) is 5.95. The second-order valence-electron chi connectivity index (χ2n) is 5.95. The van der Waals surface area contributed by atoms with Crippen molar-refractivity contribution in [2.45, 2.75) is 39.0 Å². The predicted octanol–water partition coefficient (Wildman–Crippen LogP) is 2.14. The Bertz CT molecular complexity index is 539. The van der Waals surface area contributed by atoms with E-state index in [1.54, 1.807) is 32.4 Å². The number of benzene rings is 1. The molecule has 0 bridgehead atoms. The standard InChI is InChI=1S/C17H26N2O4/c1-11-9-19(10-12(2)23-11)13(3)17(20)18-14-6-7-15(21-4)16(8-14)22-5/h6-8,11-13H,9-10H2,1-5H3,(H,18,20)/t11-,12-,13+/m1/s1. The maximum atomic E-state index is 12.5. The quantitative estimate of drug-likeness (QED) is 0.900. The highest BCUT2D eigenvalue weighted by Gasteiger charge is 2.29. The molecular weight excluding hydrogens is 296 g/mol. The summed E-state index contributed by atoms with van der Waals surface area (Å²) < 4.78 is 16.2. The van der Waals surface area contributed by atoms with Crippen LogP contribution in [-0.4, -0.2) is 56.4 Å². The number of hydrogen-bond donors (Lipinski definition) is 1. The van der Waals surface area contributed by atoms with Gasteiger partial charge in [-0.15, -0.1) is 0 Å². The largest absolute Gasteiger partial charge is 0.493 e. The molecule has 0 aromatic heterocycles. The van der Waals surface area contributed by atoms with Gasteiger partial charge in [0.1, 0.15) is 0 Å². The highest BCUT2D eigenvalue weighted by molar-refractivity contribution is 5.94. The molecule has 0 spiro atoms. The van der Waals surface area contributed by atoms with Crippen LogP contribution >= 0.6 is 0 Å². The van der Waals surface area contributed by atoms with Crippen molar-refractivity contribution in [3.05, 3.63) is 18.2 Å². The van der Waals surface area contributed by atoms with Crippen molar-refractivity contribution in [3.63, 3.8) is 0 Å². The van der Waals surface area contributed by atoms with Crippen molar-refractivity contribution in [2.75, 3.05) is 32.6 Å². The average Bonchev–Trinajstić information content (AvgIpc) is 2.52. The fourth-order valence-electron chi connectivity index (χ4n) is 2.86.